The van der Waals surface area contributed by atoms with Crippen LogP contribution in [0.5, 0.6) is 0 Å². The fraction of sp³-hybridized carbons (Fsp3) is 0.0690. The molecule has 0 aliphatic carbocycles. The molecule has 0 aromatic heterocycles. The van der Waals surface area contributed by atoms with Gasteiger partial charge in [-0.2, -0.15) is 0 Å². The van der Waals surface area contributed by atoms with Crippen molar-refractivity contribution in [1.29, 1.82) is 0 Å². The summed E-state index contributed by atoms with van der Waals surface area (Å²) in [6, 6.07) is 21.6. The van der Waals surface area contributed by atoms with Gasteiger partial charge in [-0.15, -0.1) is 0 Å². The highest BCUT2D eigenvalue weighted by atomic mass is 19.1. The third kappa shape index (κ3) is 4.64. The van der Waals surface area contributed by atoms with E-state index in [9.17, 15) is 28.9 Å². The number of nitro benzene ring substituents is 1. The number of rotatable bonds is 7. The number of anilines is 1. The van der Waals surface area contributed by atoms with Gasteiger partial charge in [0, 0.05) is 53.5 Å². The molecule has 1 heterocycles. The summed E-state index contributed by atoms with van der Waals surface area (Å²) in [6.45, 7) is -0.230. The Balaban J connectivity index is 1.42. The van der Waals surface area contributed by atoms with Crippen molar-refractivity contribution in [3.8, 4) is 0 Å². The largest absolute Gasteiger partial charge is 0.307 e. The van der Waals surface area contributed by atoms with Crippen LogP contribution in [0.3, 0.4) is 0 Å². The van der Waals surface area contributed by atoms with Gasteiger partial charge in [0.25, 0.3) is 23.4 Å². The van der Waals surface area contributed by atoms with Gasteiger partial charge in [0.15, 0.2) is 0 Å². The second-order valence-corrected chi connectivity index (χ2v) is 8.63. The summed E-state index contributed by atoms with van der Waals surface area (Å²) in [4.78, 5) is 52.6. The molecule has 5 rings (SSSR count). The van der Waals surface area contributed by atoms with Crippen molar-refractivity contribution in [2.75, 3.05) is 18.0 Å². The minimum absolute atomic E-state index is 0.100. The number of carbonyl (C=O) groups excluding carboxylic acids is 3. The Morgan fingerprint density at radius 2 is 1.58 bits per heavy atom. The van der Waals surface area contributed by atoms with Gasteiger partial charge in [0.2, 0.25) is 0 Å². The number of hydrogen-bond donors (Lipinski definition) is 0. The summed E-state index contributed by atoms with van der Waals surface area (Å²) in [5, 5.41) is 12.4. The summed E-state index contributed by atoms with van der Waals surface area (Å²) in [6.07, 6.45) is 2.62. The van der Waals surface area contributed by atoms with Crippen LogP contribution in [0.1, 0.15) is 26.3 Å². The molecular weight excluding hydrogens is 489 g/mol. The number of imide groups is 1. The number of benzene rings is 4. The fourth-order valence-electron chi connectivity index (χ4n) is 4.49. The molecule has 188 valence electrons. The number of carbonyl (C=O) groups is 3. The minimum atomic E-state index is -0.561. The molecule has 3 amide bonds. The normalized spacial score (nSPS) is 12.8. The molecule has 9 heteroatoms. The number of amides is 3. The van der Waals surface area contributed by atoms with Crippen LogP contribution < -0.4 is 4.90 Å². The van der Waals surface area contributed by atoms with Gasteiger partial charge < -0.3 is 4.90 Å². The number of halogens is 1. The Bertz CT molecular complexity index is 1600. The second kappa shape index (κ2) is 10.1. The molecule has 0 fully saturated rings. The summed E-state index contributed by atoms with van der Waals surface area (Å²) < 4.78 is 14.0. The molecule has 0 N–H and O–H groups in total. The zero-order valence-electron chi connectivity index (χ0n) is 19.9. The lowest BCUT2D eigenvalue weighted by Gasteiger charge is -2.30. The zero-order valence-corrected chi connectivity index (χ0v) is 19.9. The van der Waals surface area contributed by atoms with Crippen molar-refractivity contribution in [2.45, 2.75) is 0 Å². The van der Waals surface area contributed by atoms with Crippen LogP contribution in [0, 0.1) is 15.9 Å². The first kappa shape index (κ1) is 24.5. The molecule has 0 atom stereocenters. The Morgan fingerprint density at radius 1 is 0.921 bits per heavy atom. The lowest BCUT2D eigenvalue weighted by atomic mass is 9.94. The Hall–Kier alpha value is -5.18. The van der Waals surface area contributed by atoms with Crippen molar-refractivity contribution < 1.29 is 23.7 Å². The first-order valence-corrected chi connectivity index (χ1v) is 11.7. The molecule has 0 saturated heterocycles. The van der Waals surface area contributed by atoms with E-state index in [0.717, 1.165) is 10.3 Å². The quantitative estimate of drug-likeness (QED) is 0.147. The monoisotopic (exact) mass is 509 g/mol. The molecule has 4 aromatic carbocycles. The molecule has 0 bridgehead atoms. The van der Waals surface area contributed by atoms with E-state index < -0.39 is 28.5 Å². The van der Waals surface area contributed by atoms with Crippen LogP contribution in [-0.4, -0.2) is 40.6 Å². The van der Waals surface area contributed by atoms with E-state index in [0.29, 0.717) is 22.1 Å². The third-order valence-electron chi connectivity index (χ3n) is 6.29. The Kier molecular flexibility index (Phi) is 6.49. The second-order valence-electron chi connectivity index (χ2n) is 8.63. The van der Waals surface area contributed by atoms with Crippen LogP contribution in [0.15, 0.2) is 91.0 Å². The summed E-state index contributed by atoms with van der Waals surface area (Å²) in [5.41, 5.74) is 1.33. The van der Waals surface area contributed by atoms with Gasteiger partial charge in [-0.1, -0.05) is 42.5 Å². The highest BCUT2D eigenvalue weighted by Crippen LogP contribution is 2.30. The van der Waals surface area contributed by atoms with Gasteiger partial charge in [0.05, 0.1) is 4.92 Å². The highest BCUT2D eigenvalue weighted by Gasteiger charge is 2.33. The molecule has 0 saturated carbocycles. The molecule has 8 nitrogen and oxygen atoms in total. The molecule has 1 aliphatic rings. The lowest BCUT2D eigenvalue weighted by molar-refractivity contribution is -0.384. The van der Waals surface area contributed by atoms with Gasteiger partial charge in [0.1, 0.15) is 5.82 Å². The summed E-state index contributed by atoms with van der Waals surface area (Å²) in [7, 11) is 0. The standard InChI is InChI=1S/C29H20FN3O5/c30-21-8-4-9-22(18-21)31(26(34)14-13-19-5-1-10-23(17-19)33(37)38)15-16-32-28(35)24-11-2-6-20-7-3-12-25(27(20)24)29(32)36/h1-14,17-18H,15-16H2. The number of nitro groups is 1. The van der Waals surface area contributed by atoms with E-state index in [1.165, 1.54) is 59.5 Å². The maximum absolute atomic E-state index is 14.0. The molecule has 4 aromatic rings. The van der Waals surface area contributed by atoms with Gasteiger partial charge in [-0.25, -0.2) is 4.39 Å². The number of non-ortho nitro benzene ring substituents is 1. The summed E-state index contributed by atoms with van der Waals surface area (Å²) in [5.74, 6) is -2.06. The molecular formula is C29H20FN3O5. The zero-order chi connectivity index (χ0) is 26.8. The molecule has 0 spiro atoms. The molecule has 1 aliphatic heterocycles. The van der Waals surface area contributed by atoms with Crippen LogP contribution in [-0.2, 0) is 4.79 Å². The van der Waals surface area contributed by atoms with Crippen LogP contribution >= 0.6 is 0 Å². The third-order valence-corrected chi connectivity index (χ3v) is 6.29. The van der Waals surface area contributed by atoms with Crippen molar-refractivity contribution in [1.82, 2.24) is 4.90 Å². The highest BCUT2D eigenvalue weighted by molar-refractivity contribution is 6.25. The van der Waals surface area contributed by atoms with Gasteiger partial charge >= 0.3 is 0 Å². The van der Waals surface area contributed by atoms with Gasteiger partial charge in [-0.05, 0) is 47.4 Å². The topological polar surface area (TPSA) is 101 Å². The van der Waals surface area contributed by atoms with E-state index in [2.05, 4.69) is 0 Å². The Labute approximate surface area is 216 Å². The first-order chi connectivity index (χ1) is 18.3. The smallest absolute Gasteiger partial charge is 0.270 e. The average Bonchev–Trinajstić information content (AvgIpc) is 2.92. The number of hydrogen-bond acceptors (Lipinski definition) is 5. The maximum atomic E-state index is 14.0. The van der Waals surface area contributed by atoms with Crippen LogP contribution in [0.25, 0.3) is 16.8 Å². The van der Waals surface area contributed by atoms with E-state index in [-0.39, 0.29) is 24.5 Å². The predicted octanol–water partition coefficient (Wildman–Crippen LogP) is 5.23. The van der Waals surface area contributed by atoms with Crippen molar-refractivity contribution >= 4 is 45.9 Å². The van der Waals surface area contributed by atoms with Crippen molar-refractivity contribution in [3.63, 3.8) is 0 Å². The summed E-state index contributed by atoms with van der Waals surface area (Å²) >= 11 is 0. The average molecular weight is 509 g/mol. The first-order valence-electron chi connectivity index (χ1n) is 11.7. The molecule has 0 radical (unpaired) electrons. The van der Waals surface area contributed by atoms with Crippen molar-refractivity contribution in [2.24, 2.45) is 0 Å². The maximum Gasteiger partial charge on any atom is 0.270 e. The molecule has 38 heavy (non-hydrogen) atoms. The van der Waals surface area contributed by atoms with Gasteiger partial charge in [-0.3, -0.25) is 29.4 Å². The molecule has 0 unspecified atom stereocenters. The van der Waals surface area contributed by atoms with E-state index >= 15 is 0 Å². The fourth-order valence-corrected chi connectivity index (χ4v) is 4.49. The lowest BCUT2D eigenvalue weighted by Crippen LogP contribution is -2.45. The van der Waals surface area contributed by atoms with E-state index in [4.69, 9.17) is 0 Å². The minimum Gasteiger partial charge on any atom is -0.307 e. The SMILES string of the molecule is O=C1c2cccc3cccc(c23)C(=O)N1CCN(C(=O)C=Cc1cccc([N+](=O)[O-])c1)c1cccc(F)c1. The number of nitrogens with zero attached hydrogens (tertiary/aromatic N) is 3. The van der Waals surface area contributed by atoms with E-state index in [1.54, 1.807) is 30.3 Å². The Morgan fingerprint density at radius 3 is 2.24 bits per heavy atom. The van der Waals surface area contributed by atoms with E-state index in [1.807, 2.05) is 12.1 Å². The van der Waals surface area contributed by atoms with Crippen LogP contribution in [0.4, 0.5) is 15.8 Å². The van der Waals surface area contributed by atoms with Crippen molar-refractivity contribution in [3.05, 3.63) is 124 Å². The predicted molar refractivity (Wildman–Crippen MR) is 140 cm³/mol. The van der Waals surface area contributed by atoms with Crippen LogP contribution in [0.2, 0.25) is 0 Å².